The van der Waals surface area contributed by atoms with Crippen LogP contribution in [0.15, 0.2) is 65.7 Å². The summed E-state index contributed by atoms with van der Waals surface area (Å²) >= 11 is 0. The van der Waals surface area contributed by atoms with Crippen molar-refractivity contribution >= 4 is 22.8 Å². The van der Waals surface area contributed by atoms with E-state index in [0.29, 0.717) is 22.6 Å². The van der Waals surface area contributed by atoms with E-state index in [4.69, 9.17) is 4.74 Å². The Hall–Kier alpha value is -4.40. The van der Waals surface area contributed by atoms with Crippen LogP contribution >= 0.6 is 0 Å². The summed E-state index contributed by atoms with van der Waals surface area (Å²) in [7, 11) is 1.58. The summed E-state index contributed by atoms with van der Waals surface area (Å²) in [4.78, 5) is 25.4. The zero-order valence-electron chi connectivity index (χ0n) is 18.4. The van der Waals surface area contributed by atoms with E-state index < -0.39 is 5.69 Å². The molecule has 0 atom stereocenters. The molecule has 3 aromatic heterocycles. The number of benzene rings is 2. The van der Waals surface area contributed by atoms with Crippen LogP contribution in [0.3, 0.4) is 0 Å². The van der Waals surface area contributed by atoms with Crippen LogP contribution in [0.5, 0.6) is 5.75 Å². The fraction of sp³-hybridized carbons (Fsp3) is 0.167. The molecule has 0 aliphatic rings. The Morgan fingerprint density at radius 1 is 1.03 bits per heavy atom. The third-order valence-corrected chi connectivity index (χ3v) is 5.53. The molecule has 0 aliphatic carbocycles. The summed E-state index contributed by atoms with van der Waals surface area (Å²) in [6.07, 6.45) is 3.32. The second kappa shape index (κ2) is 7.94. The van der Waals surface area contributed by atoms with Crippen molar-refractivity contribution in [2.75, 3.05) is 12.4 Å². The first kappa shape index (κ1) is 20.5. The highest BCUT2D eigenvalue weighted by Crippen LogP contribution is 2.25. The maximum absolute atomic E-state index is 12.9. The first-order chi connectivity index (χ1) is 15.9. The summed E-state index contributed by atoms with van der Waals surface area (Å²) in [6, 6.07) is 15.1. The zero-order chi connectivity index (χ0) is 23.1. The zero-order valence-corrected chi connectivity index (χ0v) is 18.4. The van der Waals surface area contributed by atoms with Gasteiger partial charge in [-0.15, -0.1) is 5.10 Å². The van der Waals surface area contributed by atoms with Gasteiger partial charge in [0.1, 0.15) is 17.8 Å². The van der Waals surface area contributed by atoms with Crippen molar-refractivity contribution in [1.82, 2.24) is 23.8 Å². The lowest BCUT2D eigenvalue weighted by molar-refractivity contribution is -0.117. The van der Waals surface area contributed by atoms with E-state index in [1.807, 2.05) is 19.9 Å². The van der Waals surface area contributed by atoms with Gasteiger partial charge in [0, 0.05) is 23.6 Å². The molecule has 1 N–H and O–H groups in total. The Kier molecular flexibility index (Phi) is 4.93. The lowest BCUT2D eigenvalue weighted by atomic mass is 10.0. The van der Waals surface area contributed by atoms with Gasteiger partial charge in [0.2, 0.25) is 5.91 Å². The number of hydrogen-bond donors (Lipinski definition) is 1. The quantitative estimate of drug-likeness (QED) is 0.451. The summed E-state index contributed by atoms with van der Waals surface area (Å²) in [5.74, 6) is 0.334. The largest absolute Gasteiger partial charge is 0.497 e. The van der Waals surface area contributed by atoms with E-state index in [2.05, 4.69) is 33.7 Å². The molecule has 9 nitrogen and oxygen atoms in total. The lowest BCUT2D eigenvalue weighted by Gasteiger charge is -2.05. The number of nitrogens with zero attached hydrogens (tertiary/aromatic N) is 5. The first-order valence-electron chi connectivity index (χ1n) is 10.4. The van der Waals surface area contributed by atoms with Gasteiger partial charge in [0.05, 0.1) is 12.8 Å². The summed E-state index contributed by atoms with van der Waals surface area (Å²) in [5, 5.41) is 11.9. The molecule has 5 rings (SSSR count). The fourth-order valence-electron chi connectivity index (χ4n) is 3.79. The minimum Gasteiger partial charge on any atom is -0.497 e. The number of aromatic nitrogens is 5. The van der Waals surface area contributed by atoms with E-state index in [0.717, 1.165) is 27.1 Å². The standard InChI is InChI=1S/C24H22N6O3/c1-15-4-5-16(2)19(12-15)20-13-21-23-27-30(24(32)28(23)10-11-29(21)26-20)14-22(31)25-17-6-8-18(33-3)9-7-17/h4-13H,14H2,1-3H3,(H,25,31). The van der Waals surface area contributed by atoms with Crippen LogP contribution in [-0.2, 0) is 11.3 Å². The van der Waals surface area contributed by atoms with Crippen LogP contribution < -0.4 is 15.7 Å². The molecule has 5 aromatic rings. The molecular formula is C24H22N6O3. The Morgan fingerprint density at radius 3 is 2.58 bits per heavy atom. The van der Waals surface area contributed by atoms with Gasteiger partial charge in [-0.2, -0.15) is 5.10 Å². The Balaban J connectivity index is 1.48. The molecule has 0 spiro atoms. The number of carbonyl (C=O) groups excluding carboxylic acids is 1. The Bertz CT molecular complexity index is 1560. The Morgan fingerprint density at radius 2 is 1.82 bits per heavy atom. The number of rotatable bonds is 5. The van der Waals surface area contributed by atoms with E-state index in [1.165, 1.54) is 4.40 Å². The maximum atomic E-state index is 12.9. The van der Waals surface area contributed by atoms with Crippen molar-refractivity contribution in [2.45, 2.75) is 20.4 Å². The number of carbonyl (C=O) groups is 1. The normalized spacial score (nSPS) is 11.2. The average molecular weight is 442 g/mol. The molecule has 9 heteroatoms. The lowest BCUT2D eigenvalue weighted by Crippen LogP contribution is -2.28. The molecule has 0 radical (unpaired) electrons. The van der Waals surface area contributed by atoms with Crippen LogP contribution in [0.4, 0.5) is 5.69 Å². The number of fused-ring (bicyclic) bond motifs is 3. The topological polar surface area (TPSA) is 94.9 Å². The Labute approximate surface area is 188 Å². The third-order valence-electron chi connectivity index (χ3n) is 5.53. The van der Waals surface area contributed by atoms with Gasteiger partial charge in [-0.1, -0.05) is 17.7 Å². The van der Waals surface area contributed by atoms with E-state index in [-0.39, 0.29) is 12.5 Å². The number of anilines is 1. The summed E-state index contributed by atoms with van der Waals surface area (Å²) in [6.45, 7) is 3.86. The fourth-order valence-corrected chi connectivity index (χ4v) is 3.79. The minimum absolute atomic E-state index is 0.212. The molecule has 0 aliphatic heterocycles. The monoisotopic (exact) mass is 442 g/mol. The van der Waals surface area contributed by atoms with Crippen molar-refractivity contribution in [2.24, 2.45) is 0 Å². The van der Waals surface area contributed by atoms with Crippen molar-refractivity contribution in [3.63, 3.8) is 0 Å². The van der Waals surface area contributed by atoms with Gasteiger partial charge in [0.25, 0.3) is 0 Å². The van der Waals surface area contributed by atoms with Crippen LogP contribution in [0, 0.1) is 13.8 Å². The van der Waals surface area contributed by atoms with Gasteiger partial charge in [-0.3, -0.25) is 4.79 Å². The second-order valence-corrected chi connectivity index (χ2v) is 7.89. The number of nitrogens with one attached hydrogen (secondary N) is 1. The van der Waals surface area contributed by atoms with Crippen molar-refractivity contribution in [3.8, 4) is 17.0 Å². The molecule has 1 amide bonds. The van der Waals surface area contributed by atoms with Gasteiger partial charge in [0.15, 0.2) is 5.65 Å². The molecular weight excluding hydrogens is 420 g/mol. The number of ether oxygens (including phenoxy) is 1. The molecule has 33 heavy (non-hydrogen) atoms. The number of hydrogen-bond acceptors (Lipinski definition) is 5. The van der Waals surface area contributed by atoms with Gasteiger partial charge in [-0.05, 0) is 55.8 Å². The molecule has 0 fully saturated rings. The van der Waals surface area contributed by atoms with Gasteiger partial charge >= 0.3 is 5.69 Å². The predicted octanol–water partition coefficient (Wildman–Crippen LogP) is 3.07. The van der Waals surface area contributed by atoms with Crippen LogP contribution in [-0.4, -0.2) is 36.8 Å². The van der Waals surface area contributed by atoms with Crippen molar-refractivity contribution < 1.29 is 9.53 Å². The second-order valence-electron chi connectivity index (χ2n) is 7.89. The highest BCUT2D eigenvalue weighted by molar-refractivity contribution is 5.90. The van der Waals surface area contributed by atoms with Crippen molar-refractivity contribution in [1.29, 1.82) is 0 Å². The van der Waals surface area contributed by atoms with E-state index >= 15 is 0 Å². The predicted molar refractivity (Wildman–Crippen MR) is 125 cm³/mol. The SMILES string of the molecule is COc1ccc(NC(=O)Cn2nc3c4cc(-c5cc(C)ccc5C)nn4ccn3c2=O)cc1. The van der Waals surface area contributed by atoms with Crippen LogP contribution in [0.1, 0.15) is 11.1 Å². The van der Waals surface area contributed by atoms with E-state index in [9.17, 15) is 9.59 Å². The number of aryl methyl sites for hydroxylation is 2. The third kappa shape index (κ3) is 3.73. The van der Waals surface area contributed by atoms with Crippen LogP contribution in [0.25, 0.3) is 22.4 Å². The summed E-state index contributed by atoms with van der Waals surface area (Å²) < 4.78 is 9.39. The molecule has 0 saturated heterocycles. The van der Waals surface area contributed by atoms with Crippen molar-refractivity contribution in [3.05, 3.63) is 82.5 Å². The molecule has 0 bridgehead atoms. The number of methoxy groups -OCH3 is 1. The molecule has 166 valence electrons. The number of amides is 1. The first-order valence-corrected chi connectivity index (χ1v) is 10.4. The summed E-state index contributed by atoms with van der Waals surface area (Å²) in [5.41, 5.74) is 5.39. The minimum atomic E-state index is -0.396. The molecule has 3 heterocycles. The molecule has 0 saturated carbocycles. The highest BCUT2D eigenvalue weighted by Gasteiger charge is 2.16. The van der Waals surface area contributed by atoms with Crippen LogP contribution in [0.2, 0.25) is 0 Å². The molecule has 2 aromatic carbocycles. The van der Waals surface area contributed by atoms with Gasteiger partial charge < -0.3 is 10.1 Å². The van der Waals surface area contributed by atoms with Gasteiger partial charge in [-0.25, -0.2) is 18.4 Å². The average Bonchev–Trinajstić information content (AvgIpc) is 3.37. The molecule has 0 unspecified atom stereocenters. The maximum Gasteiger partial charge on any atom is 0.350 e. The van der Waals surface area contributed by atoms with E-state index in [1.54, 1.807) is 48.3 Å². The smallest absolute Gasteiger partial charge is 0.350 e. The highest BCUT2D eigenvalue weighted by atomic mass is 16.5.